The zero-order valence-electron chi connectivity index (χ0n) is 21.8. The molecule has 1 fully saturated rings. The van der Waals surface area contributed by atoms with Gasteiger partial charge in [0.2, 0.25) is 5.62 Å². The number of aromatic nitrogens is 2. The molecule has 10 nitrogen and oxygen atoms in total. The highest BCUT2D eigenvalue weighted by Gasteiger charge is 2.25. The van der Waals surface area contributed by atoms with Crippen LogP contribution in [-0.2, 0) is 24.3 Å². The number of nitrogen functional groups attached to an aromatic ring is 1. The van der Waals surface area contributed by atoms with Gasteiger partial charge in [-0.1, -0.05) is 37.5 Å². The molecule has 2 aliphatic carbocycles. The molecule has 0 bridgehead atoms. The molecule has 2 amide bonds. The number of rotatable bonds is 7. The van der Waals surface area contributed by atoms with Crippen LogP contribution in [0.5, 0.6) is 0 Å². The van der Waals surface area contributed by atoms with Crippen LogP contribution in [0, 0.1) is 5.92 Å². The first-order valence-corrected chi connectivity index (χ1v) is 13.4. The fourth-order valence-electron chi connectivity index (χ4n) is 5.45. The second-order valence-corrected chi connectivity index (χ2v) is 10.4. The maximum absolute atomic E-state index is 13.0. The highest BCUT2D eigenvalue weighted by atomic mass is 16.2. The Balaban J connectivity index is 1.25. The Morgan fingerprint density at radius 1 is 1.11 bits per heavy atom. The van der Waals surface area contributed by atoms with Crippen LogP contribution in [0.2, 0.25) is 0 Å². The molecule has 0 radical (unpaired) electrons. The molecule has 2 heterocycles. The van der Waals surface area contributed by atoms with E-state index >= 15 is 0 Å². The van der Waals surface area contributed by atoms with Gasteiger partial charge in [-0.25, -0.2) is 9.66 Å². The van der Waals surface area contributed by atoms with Crippen molar-refractivity contribution in [1.29, 1.82) is 0 Å². The molecule has 2 aromatic rings. The maximum atomic E-state index is 13.0. The van der Waals surface area contributed by atoms with Crippen molar-refractivity contribution in [2.75, 3.05) is 26.0 Å². The fourth-order valence-corrected chi connectivity index (χ4v) is 5.45. The Hall–Kier alpha value is -3.95. The molecule has 0 unspecified atom stereocenters. The van der Waals surface area contributed by atoms with Crippen LogP contribution >= 0.6 is 0 Å². The maximum Gasteiger partial charge on any atom is 0.270 e. The zero-order valence-corrected chi connectivity index (χ0v) is 21.8. The van der Waals surface area contributed by atoms with Crippen LogP contribution in [0.1, 0.15) is 76.2 Å². The molecular formula is C28H35N7O3. The summed E-state index contributed by atoms with van der Waals surface area (Å²) in [6.45, 7) is 2.57. The van der Waals surface area contributed by atoms with E-state index in [2.05, 4.69) is 37.6 Å². The van der Waals surface area contributed by atoms with E-state index in [1.807, 2.05) is 6.07 Å². The van der Waals surface area contributed by atoms with E-state index in [4.69, 9.17) is 5.84 Å². The van der Waals surface area contributed by atoms with Gasteiger partial charge in [0, 0.05) is 51.1 Å². The SMILES string of the molecule is CN=c1nc(C(=O)NCc2ccc3c(c2)CN(C2=CC(=O)C2)CC3)cc(C(=O)NCC2CCCCC2)n1N. The number of ketones is 1. The van der Waals surface area contributed by atoms with E-state index in [9.17, 15) is 14.4 Å². The largest absolute Gasteiger partial charge is 0.370 e. The van der Waals surface area contributed by atoms with Gasteiger partial charge in [-0.3, -0.25) is 19.4 Å². The van der Waals surface area contributed by atoms with Gasteiger partial charge in [-0.15, -0.1) is 0 Å². The molecule has 5 rings (SSSR count). The molecule has 10 heteroatoms. The number of hydrogen-bond acceptors (Lipinski definition) is 7. The molecule has 200 valence electrons. The summed E-state index contributed by atoms with van der Waals surface area (Å²) in [4.78, 5) is 47.9. The molecule has 0 saturated heterocycles. The van der Waals surface area contributed by atoms with Crippen LogP contribution < -0.4 is 22.1 Å². The number of nitrogens with two attached hydrogens (primary N) is 1. The highest BCUT2D eigenvalue weighted by molar-refractivity contribution is 5.98. The molecule has 3 aliphatic rings. The molecule has 0 spiro atoms. The molecule has 1 saturated carbocycles. The van der Waals surface area contributed by atoms with Gasteiger partial charge in [0.05, 0.1) is 6.42 Å². The summed E-state index contributed by atoms with van der Waals surface area (Å²) < 4.78 is 1.12. The van der Waals surface area contributed by atoms with Crippen LogP contribution in [0.15, 0.2) is 41.0 Å². The third-order valence-electron chi connectivity index (χ3n) is 7.74. The number of allylic oxidation sites excluding steroid dienone is 2. The van der Waals surface area contributed by atoms with Gasteiger partial charge in [0.15, 0.2) is 5.78 Å². The van der Waals surface area contributed by atoms with Crippen molar-refractivity contribution in [2.45, 2.75) is 58.0 Å². The van der Waals surface area contributed by atoms with Crippen LogP contribution in [-0.4, -0.2) is 52.3 Å². The number of hydrogen-bond donors (Lipinski definition) is 3. The summed E-state index contributed by atoms with van der Waals surface area (Å²) in [5.41, 5.74) is 4.88. The van der Waals surface area contributed by atoms with Gasteiger partial charge in [-0.05, 0) is 41.9 Å². The van der Waals surface area contributed by atoms with Crippen molar-refractivity contribution in [2.24, 2.45) is 10.9 Å². The van der Waals surface area contributed by atoms with Gasteiger partial charge < -0.3 is 21.4 Å². The predicted molar refractivity (Wildman–Crippen MR) is 142 cm³/mol. The topological polar surface area (TPSA) is 135 Å². The van der Waals surface area contributed by atoms with E-state index < -0.39 is 5.91 Å². The first-order chi connectivity index (χ1) is 18.4. The Kier molecular flexibility index (Phi) is 7.57. The van der Waals surface area contributed by atoms with E-state index in [1.54, 1.807) is 6.08 Å². The first-order valence-electron chi connectivity index (χ1n) is 13.4. The third-order valence-corrected chi connectivity index (χ3v) is 7.74. The lowest BCUT2D eigenvalue weighted by Crippen LogP contribution is -2.41. The van der Waals surface area contributed by atoms with Crippen molar-refractivity contribution < 1.29 is 14.4 Å². The number of amides is 2. The lowest BCUT2D eigenvalue weighted by atomic mass is 9.89. The van der Waals surface area contributed by atoms with E-state index in [0.717, 1.165) is 48.3 Å². The van der Waals surface area contributed by atoms with Crippen LogP contribution in [0.3, 0.4) is 0 Å². The Morgan fingerprint density at radius 3 is 2.63 bits per heavy atom. The van der Waals surface area contributed by atoms with E-state index in [0.29, 0.717) is 25.4 Å². The van der Waals surface area contributed by atoms with Crippen molar-refractivity contribution in [3.63, 3.8) is 0 Å². The molecule has 0 atom stereocenters. The summed E-state index contributed by atoms with van der Waals surface area (Å²) in [5, 5.41) is 5.88. The second-order valence-electron chi connectivity index (χ2n) is 10.4. The van der Waals surface area contributed by atoms with Crippen molar-refractivity contribution in [3.8, 4) is 0 Å². The second kappa shape index (κ2) is 11.2. The summed E-state index contributed by atoms with van der Waals surface area (Å²) in [6.07, 6.45) is 9.02. The van der Waals surface area contributed by atoms with E-state index in [1.165, 1.54) is 43.5 Å². The van der Waals surface area contributed by atoms with Crippen LogP contribution in [0.25, 0.3) is 0 Å². The Bertz CT molecular complexity index is 1350. The monoisotopic (exact) mass is 517 g/mol. The number of fused-ring (bicyclic) bond motifs is 1. The van der Waals surface area contributed by atoms with Crippen LogP contribution in [0.4, 0.5) is 0 Å². The average Bonchev–Trinajstić information content (AvgIpc) is 2.93. The number of nitrogens with zero attached hydrogens (tertiary/aromatic N) is 4. The van der Waals surface area contributed by atoms with Crippen molar-refractivity contribution in [3.05, 3.63) is 69.7 Å². The summed E-state index contributed by atoms with van der Waals surface area (Å²) in [5.74, 6) is 5.99. The van der Waals surface area contributed by atoms with E-state index in [-0.39, 0.29) is 28.7 Å². The average molecular weight is 518 g/mol. The number of carbonyl (C=O) groups is 3. The van der Waals surface area contributed by atoms with Gasteiger partial charge in [0.25, 0.3) is 11.8 Å². The molecule has 38 heavy (non-hydrogen) atoms. The molecule has 1 aromatic heterocycles. The lowest BCUT2D eigenvalue weighted by Gasteiger charge is -2.35. The first kappa shape index (κ1) is 25.7. The smallest absolute Gasteiger partial charge is 0.270 e. The Morgan fingerprint density at radius 2 is 1.89 bits per heavy atom. The number of benzene rings is 1. The zero-order chi connectivity index (χ0) is 26.6. The van der Waals surface area contributed by atoms with Gasteiger partial charge in [-0.2, -0.15) is 0 Å². The predicted octanol–water partition coefficient (Wildman–Crippen LogP) is 1.58. The summed E-state index contributed by atoms with van der Waals surface area (Å²) in [6, 6.07) is 7.64. The van der Waals surface area contributed by atoms with Gasteiger partial charge in [0.1, 0.15) is 11.4 Å². The third kappa shape index (κ3) is 5.64. The quantitative estimate of drug-likeness (QED) is 0.478. The number of carbonyl (C=O) groups excluding carboxylic acids is 3. The minimum absolute atomic E-state index is 0.0841. The molecule has 4 N–H and O–H groups in total. The summed E-state index contributed by atoms with van der Waals surface area (Å²) >= 11 is 0. The standard InChI is InChI=1S/C28H35N7O3/c1-30-28-33-24(14-25(35(28)29)27(38)32-15-18-5-3-2-4-6-18)26(37)31-16-19-7-8-20-9-10-34(17-21(20)11-19)22-12-23(36)13-22/h7-8,11-12,14,18H,2-6,9-10,13,15-17,29H2,1H3,(H,31,37)(H,32,38). The normalized spacial score (nSPS) is 17.9. The van der Waals surface area contributed by atoms with Gasteiger partial charge >= 0.3 is 0 Å². The minimum Gasteiger partial charge on any atom is -0.370 e. The molecule has 1 aliphatic heterocycles. The number of nitrogens with one attached hydrogen (secondary N) is 2. The molecular weight excluding hydrogens is 482 g/mol. The van der Waals surface area contributed by atoms with Crippen molar-refractivity contribution in [1.82, 2.24) is 25.2 Å². The fraction of sp³-hybridized carbons (Fsp3) is 0.464. The molecule has 1 aromatic carbocycles. The minimum atomic E-state index is -0.408. The Labute approximate surface area is 222 Å². The van der Waals surface area contributed by atoms with Crippen molar-refractivity contribution >= 4 is 17.6 Å². The highest BCUT2D eigenvalue weighted by Crippen LogP contribution is 2.28. The lowest BCUT2D eigenvalue weighted by molar-refractivity contribution is -0.116. The summed E-state index contributed by atoms with van der Waals surface area (Å²) in [7, 11) is 1.52.